The number of nitrogens with one attached hydrogen (secondary N) is 1. The Morgan fingerprint density at radius 3 is 2.80 bits per heavy atom. The van der Waals surface area contributed by atoms with E-state index in [1.54, 1.807) is 0 Å². The van der Waals surface area contributed by atoms with Crippen LogP contribution >= 0.6 is 0 Å². The first-order valence-electron chi connectivity index (χ1n) is 4.84. The molecule has 0 amide bonds. The van der Waals surface area contributed by atoms with E-state index in [1.165, 1.54) is 12.3 Å². The smallest absolute Gasteiger partial charge is 0.309 e. The van der Waals surface area contributed by atoms with Crippen LogP contribution in [-0.2, 0) is 6.18 Å². The van der Waals surface area contributed by atoms with Crippen LogP contribution in [0.2, 0.25) is 0 Å². The molecule has 82 valence electrons. The number of rotatable bonds is 1. The standard InChI is InChI=1S/C10H11F3N2/c11-10(12,13)7-3-1-6-15-9(7)8-4-2-5-14-8/h1,3,6,8,14H,2,4-5H2. The normalized spacial score (nSPS) is 21.9. The van der Waals surface area contributed by atoms with Crippen molar-refractivity contribution in [2.75, 3.05) is 6.54 Å². The van der Waals surface area contributed by atoms with Crippen molar-refractivity contribution < 1.29 is 13.2 Å². The van der Waals surface area contributed by atoms with Gasteiger partial charge >= 0.3 is 6.18 Å². The Morgan fingerprint density at radius 2 is 2.20 bits per heavy atom. The fourth-order valence-electron chi connectivity index (χ4n) is 1.85. The van der Waals surface area contributed by atoms with Crippen LogP contribution in [-0.4, -0.2) is 11.5 Å². The molecule has 0 spiro atoms. The van der Waals surface area contributed by atoms with Gasteiger partial charge in [-0.2, -0.15) is 13.2 Å². The summed E-state index contributed by atoms with van der Waals surface area (Å²) in [7, 11) is 0. The second kappa shape index (κ2) is 3.81. The van der Waals surface area contributed by atoms with Crippen molar-refractivity contribution in [2.45, 2.75) is 25.1 Å². The highest BCUT2D eigenvalue weighted by molar-refractivity contribution is 5.26. The molecule has 2 nitrogen and oxygen atoms in total. The van der Waals surface area contributed by atoms with Gasteiger partial charge in [-0.25, -0.2) is 0 Å². The molecular formula is C10H11F3N2. The van der Waals surface area contributed by atoms with E-state index in [1.807, 2.05) is 0 Å². The first kappa shape index (κ1) is 10.4. The molecular weight excluding hydrogens is 205 g/mol. The lowest BCUT2D eigenvalue weighted by Gasteiger charge is -2.16. The lowest BCUT2D eigenvalue weighted by molar-refractivity contribution is -0.138. The Kier molecular flexibility index (Phi) is 2.65. The lowest BCUT2D eigenvalue weighted by atomic mass is 10.1. The highest BCUT2D eigenvalue weighted by Gasteiger charge is 2.36. The van der Waals surface area contributed by atoms with E-state index in [9.17, 15) is 13.2 Å². The zero-order chi connectivity index (χ0) is 10.9. The van der Waals surface area contributed by atoms with Crippen LogP contribution in [0.4, 0.5) is 13.2 Å². The van der Waals surface area contributed by atoms with E-state index in [0.29, 0.717) is 0 Å². The largest absolute Gasteiger partial charge is 0.418 e. The maximum Gasteiger partial charge on any atom is 0.418 e. The monoisotopic (exact) mass is 216 g/mol. The predicted octanol–water partition coefficient (Wildman–Crippen LogP) is 2.52. The van der Waals surface area contributed by atoms with Crippen molar-refractivity contribution in [3.63, 3.8) is 0 Å². The summed E-state index contributed by atoms with van der Waals surface area (Å²) in [4.78, 5) is 3.84. The third-order valence-corrected chi connectivity index (χ3v) is 2.53. The summed E-state index contributed by atoms with van der Waals surface area (Å²) in [5.74, 6) is 0. The van der Waals surface area contributed by atoms with Crippen molar-refractivity contribution in [3.05, 3.63) is 29.6 Å². The van der Waals surface area contributed by atoms with Crippen LogP contribution in [0.1, 0.15) is 30.1 Å². The molecule has 1 fully saturated rings. The third-order valence-electron chi connectivity index (χ3n) is 2.53. The first-order chi connectivity index (χ1) is 7.09. The second-order valence-electron chi connectivity index (χ2n) is 3.58. The van der Waals surface area contributed by atoms with Crippen LogP contribution in [0.15, 0.2) is 18.3 Å². The Bertz CT molecular complexity index is 343. The fraction of sp³-hybridized carbons (Fsp3) is 0.500. The summed E-state index contributed by atoms with van der Waals surface area (Å²) in [6.45, 7) is 0.762. The van der Waals surface area contributed by atoms with Gasteiger partial charge in [0.2, 0.25) is 0 Å². The summed E-state index contributed by atoms with van der Waals surface area (Å²) in [6.07, 6.45) is -1.28. The van der Waals surface area contributed by atoms with Crippen molar-refractivity contribution in [1.82, 2.24) is 10.3 Å². The summed E-state index contributed by atoms with van der Waals surface area (Å²) in [5.41, 5.74) is -0.494. The van der Waals surface area contributed by atoms with Crippen molar-refractivity contribution in [3.8, 4) is 0 Å². The molecule has 0 bridgehead atoms. The van der Waals surface area contributed by atoms with Gasteiger partial charge in [-0.05, 0) is 31.5 Å². The van der Waals surface area contributed by atoms with Crippen LogP contribution in [0.3, 0.4) is 0 Å². The summed E-state index contributed by atoms with van der Waals surface area (Å²) in [6, 6.07) is 2.16. The SMILES string of the molecule is FC(F)(F)c1cccnc1C1CCCN1. The summed E-state index contributed by atoms with van der Waals surface area (Å²) < 4.78 is 37.9. The van der Waals surface area contributed by atoms with Crippen molar-refractivity contribution in [2.24, 2.45) is 0 Å². The molecule has 1 N–H and O–H groups in total. The van der Waals surface area contributed by atoms with E-state index >= 15 is 0 Å². The average Bonchev–Trinajstić information content (AvgIpc) is 2.69. The molecule has 1 unspecified atom stereocenters. The van der Waals surface area contributed by atoms with Gasteiger partial charge in [-0.15, -0.1) is 0 Å². The maximum absolute atomic E-state index is 12.6. The minimum atomic E-state index is -4.31. The van der Waals surface area contributed by atoms with E-state index < -0.39 is 11.7 Å². The van der Waals surface area contributed by atoms with Crippen LogP contribution in [0.25, 0.3) is 0 Å². The maximum atomic E-state index is 12.6. The van der Waals surface area contributed by atoms with E-state index in [-0.39, 0.29) is 11.7 Å². The molecule has 1 aliphatic heterocycles. The van der Waals surface area contributed by atoms with Gasteiger partial charge in [0.25, 0.3) is 0 Å². The zero-order valence-corrected chi connectivity index (χ0v) is 8.01. The van der Waals surface area contributed by atoms with E-state index in [4.69, 9.17) is 0 Å². The average molecular weight is 216 g/mol. The first-order valence-corrected chi connectivity index (χ1v) is 4.84. The second-order valence-corrected chi connectivity index (χ2v) is 3.58. The molecule has 5 heteroatoms. The van der Waals surface area contributed by atoms with Gasteiger partial charge in [0.05, 0.1) is 17.3 Å². The predicted molar refractivity (Wildman–Crippen MR) is 49.2 cm³/mol. The molecule has 1 atom stereocenters. The topological polar surface area (TPSA) is 24.9 Å². The number of hydrogen-bond acceptors (Lipinski definition) is 2. The van der Waals surface area contributed by atoms with Gasteiger partial charge in [-0.1, -0.05) is 0 Å². The lowest BCUT2D eigenvalue weighted by Crippen LogP contribution is -2.19. The molecule has 1 aromatic heterocycles. The Labute approximate surface area is 85.5 Å². The highest BCUT2D eigenvalue weighted by atomic mass is 19.4. The molecule has 0 radical (unpaired) electrons. The number of aromatic nitrogens is 1. The Hall–Kier alpha value is -1.10. The molecule has 1 aliphatic rings. The number of nitrogens with zero attached hydrogens (tertiary/aromatic N) is 1. The molecule has 1 aromatic rings. The molecule has 0 saturated carbocycles. The Balaban J connectivity index is 2.37. The third kappa shape index (κ3) is 2.12. The number of alkyl halides is 3. The number of pyridine rings is 1. The van der Waals surface area contributed by atoms with Gasteiger partial charge in [0.1, 0.15) is 0 Å². The van der Waals surface area contributed by atoms with Crippen LogP contribution in [0, 0.1) is 0 Å². The molecule has 15 heavy (non-hydrogen) atoms. The van der Waals surface area contributed by atoms with E-state index in [0.717, 1.165) is 25.5 Å². The van der Waals surface area contributed by atoms with Crippen molar-refractivity contribution >= 4 is 0 Å². The van der Waals surface area contributed by atoms with Crippen molar-refractivity contribution in [1.29, 1.82) is 0 Å². The molecule has 2 rings (SSSR count). The van der Waals surface area contributed by atoms with Gasteiger partial charge in [-0.3, -0.25) is 4.98 Å². The van der Waals surface area contributed by atoms with Crippen LogP contribution in [0.5, 0.6) is 0 Å². The molecule has 1 saturated heterocycles. The molecule has 2 heterocycles. The summed E-state index contributed by atoms with van der Waals surface area (Å²) >= 11 is 0. The van der Waals surface area contributed by atoms with Gasteiger partial charge in [0, 0.05) is 6.20 Å². The van der Waals surface area contributed by atoms with Gasteiger partial charge < -0.3 is 5.32 Å². The summed E-state index contributed by atoms with van der Waals surface area (Å²) in [5, 5.41) is 3.02. The highest BCUT2D eigenvalue weighted by Crippen LogP contribution is 2.35. The zero-order valence-electron chi connectivity index (χ0n) is 8.01. The molecule has 0 aliphatic carbocycles. The quantitative estimate of drug-likeness (QED) is 0.780. The minimum Gasteiger partial charge on any atom is -0.309 e. The fourth-order valence-corrected chi connectivity index (χ4v) is 1.85. The van der Waals surface area contributed by atoms with Gasteiger partial charge in [0.15, 0.2) is 0 Å². The van der Waals surface area contributed by atoms with E-state index in [2.05, 4.69) is 10.3 Å². The minimum absolute atomic E-state index is 0.127. The number of hydrogen-bond donors (Lipinski definition) is 1. The van der Waals surface area contributed by atoms with Crippen LogP contribution < -0.4 is 5.32 Å². The molecule has 0 aromatic carbocycles. The Morgan fingerprint density at radius 1 is 1.40 bits per heavy atom. The number of halogens is 3.